The van der Waals surface area contributed by atoms with E-state index in [1.165, 1.54) is 7.11 Å². The van der Waals surface area contributed by atoms with Crippen LogP contribution < -0.4 is 10.5 Å². The van der Waals surface area contributed by atoms with Gasteiger partial charge >= 0.3 is 0 Å². The lowest BCUT2D eigenvalue weighted by Gasteiger charge is -2.16. The Bertz CT molecular complexity index is 514. The number of hydrogen-bond donors (Lipinski definition) is 1. The Morgan fingerprint density at radius 2 is 2.00 bits per heavy atom. The molecular weight excluding hydrogens is 252 g/mol. The maximum Gasteiger partial charge on any atom is 0.285 e. The third-order valence-corrected chi connectivity index (χ3v) is 3.38. The third kappa shape index (κ3) is 2.92. The van der Waals surface area contributed by atoms with Crippen molar-refractivity contribution in [1.29, 1.82) is 0 Å². The molecule has 4 nitrogen and oxygen atoms in total. The van der Waals surface area contributed by atoms with Crippen LogP contribution in [0, 0.1) is 0 Å². The lowest BCUT2D eigenvalue weighted by atomic mass is 10.1. The van der Waals surface area contributed by atoms with Crippen molar-refractivity contribution in [2.75, 3.05) is 19.9 Å². The Kier molecular flexibility index (Phi) is 3.73. The maximum atomic E-state index is 13.3. The number of rotatable bonds is 4. The summed E-state index contributed by atoms with van der Waals surface area (Å²) in [4.78, 5) is -0.128. The average molecular weight is 265 g/mol. The van der Waals surface area contributed by atoms with E-state index in [1.54, 1.807) is 0 Å². The van der Waals surface area contributed by atoms with E-state index in [1.807, 2.05) is 0 Å². The van der Waals surface area contributed by atoms with Gasteiger partial charge in [-0.05, 0) is 12.1 Å². The summed E-state index contributed by atoms with van der Waals surface area (Å²) < 4.78 is 54.1. The lowest BCUT2D eigenvalue weighted by molar-refractivity contribution is 0.00567. The zero-order chi connectivity index (χ0) is 13.3. The van der Waals surface area contributed by atoms with E-state index in [0.29, 0.717) is 0 Å². The first-order valence-electron chi connectivity index (χ1n) is 4.69. The standard InChI is InChI=1S/C10H13F2NO3S/c1-16-8-5-7(10(11,12)6-13)3-4-9(8)17(2,14)15/h3-5H,6,13H2,1-2H3. The van der Waals surface area contributed by atoms with Crippen LogP contribution in [-0.4, -0.2) is 28.3 Å². The Balaban J connectivity index is 3.38. The first kappa shape index (κ1) is 13.9. The van der Waals surface area contributed by atoms with Gasteiger partial charge in [-0.25, -0.2) is 8.42 Å². The Morgan fingerprint density at radius 1 is 1.41 bits per heavy atom. The van der Waals surface area contributed by atoms with Crippen molar-refractivity contribution < 1.29 is 21.9 Å². The molecule has 0 saturated carbocycles. The van der Waals surface area contributed by atoms with E-state index in [0.717, 1.165) is 24.5 Å². The molecule has 0 radical (unpaired) electrons. The fourth-order valence-electron chi connectivity index (χ4n) is 1.32. The summed E-state index contributed by atoms with van der Waals surface area (Å²) in [5.41, 5.74) is 4.57. The summed E-state index contributed by atoms with van der Waals surface area (Å²) in [5.74, 6) is -3.32. The molecule has 0 aliphatic rings. The largest absolute Gasteiger partial charge is 0.495 e. The summed E-state index contributed by atoms with van der Waals surface area (Å²) in [5, 5.41) is 0. The quantitative estimate of drug-likeness (QED) is 0.886. The van der Waals surface area contributed by atoms with Crippen LogP contribution in [0.15, 0.2) is 23.1 Å². The monoisotopic (exact) mass is 265 g/mol. The van der Waals surface area contributed by atoms with E-state index < -0.39 is 22.3 Å². The van der Waals surface area contributed by atoms with Gasteiger partial charge in [0.25, 0.3) is 5.92 Å². The van der Waals surface area contributed by atoms with Gasteiger partial charge in [0, 0.05) is 11.8 Å². The smallest absolute Gasteiger partial charge is 0.285 e. The van der Waals surface area contributed by atoms with E-state index in [2.05, 4.69) is 0 Å². The first-order chi connectivity index (χ1) is 7.72. The summed E-state index contributed by atoms with van der Waals surface area (Å²) >= 11 is 0. The summed E-state index contributed by atoms with van der Waals surface area (Å²) in [6.45, 7) is -0.853. The number of alkyl halides is 2. The van der Waals surface area contributed by atoms with Crippen molar-refractivity contribution in [3.05, 3.63) is 23.8 Å². The minimum atomic E-state index is -3.52. The molecule has 17 heavy (non-hydrogen) atoms. The van der Waals surface area contributed by atoms with Crippen molar-refractivity contribution in [3.8, 4) is 5.75 Å². The molecule has 0 aliphatic heterocycles. The zero-order valence-electron chi connectivity index (χ0n) is 9.41. The lowest BCUT2D eigenvalue weighted by Crippen LogP contribution is -2.25. The van der Waals surface area contributed by atoms with Crippen LogP contribution in [0.5, 0.6) is 5.75 Å². The van der Waals surface area contributed by atoms with Gasteiger partial charge in [-0.2, -0.15) is 8.78 Å². The van der Waals surface area contributed by atoms with Crippen LogP contribution in [0.1, 0.15) is 5.56 Å². The molecule has 0 spiro atoms. The van der Waals surface area contributed by atoms with Gasteiger partial charge < -0.3 is 10.5 Å². The Labute approximate surface area is 98.3 Å². The minimum absolute atomic E-state index is 0.113. The number of benzene rings is 1. The fourth-order valence-corrected chi connectivity index (χ4v) is 2.14. The van der Waals surface area contributed by atoms with Crippen LogP contribution in [0.25, 0.3) is 0 Å². The Morgan fingerprint density at radius 3 is 2.41 bits per heavy atom. The first-order valence-corrected chi connectivity index (χ1v) is 6.58. The highest BCUT2D eigenvalue weighted by Crippen LogP contribution is 2.32. The van der Waals surface area contributed by atoms with Crippen LogP contribution in [-0.2, 0) is 15.8 Å². The van der Waals surface area contributed by atoms with Gasteiger partial charge in [-0.3, -0.25) is 0 Å². The topological polar surface area (TPSA) is 69.4 Å². The fraction of sp³-hybridized carbons (Fsp3) is 0.400. The van der Waals surface area contributed by atoms with Crippen LogP contribution >= 0.6 is 0 Å². The summed E-state index contributed by atoms with van der Waals surface area (Å²) in [6.07, 6.45) is 0.978. The number of sulfone groups is 1. The molecule has 0 heterocycles. The normalized spacial score (nSPS) is 12.5. The number of halogens is 2. The molecule has 2 N–H and O–H groups in total. The van der Waals surface area contributed by atoms with Crippen molar-refractivity contribution in [3.63, 3.8) is 0 Å². The van der Waals surface area contributed by atoms with Crippen LogP contribution in [0.3, 0.4) is 0 Å². The van der Waals surface area contributed by atoms with Crippen LogP contribution in [0.4, 0.5) is 8.78 Å². The molecule has 0 fully saturated rings. The van der Waals surface area contributed by atoms with Gasteiger partial charge in [0.05, 0.1) is 13.7 Å². The highest BCUT2D eigenvalue weighted by atomic mass is 32.2. The number of ether oxygens (including phenoxy) is 1. The van der Waals surface area contributed by atoms with Gasteiger partial charge in [0.2, 0.25) is 0 Å². The molecule has 1 aromatic rings. The van der Waals surface area contributed by atoms with Crippen molar-refractivity contribution in [2.24, 2.45) is 5.73 Å². The number of hydrogen-bond acceptors (Lipinski definition) is 4. The third-order valence-electron chi connectivity index (χ3n) is 2.24. The molecule has 0 bridgehead atoms. The second-order valence-electron chi connectivity index (χ2n) is 3.55. The van der Waals surface area contributed by atoms with Crippen molar-refractivity contribution in [2.45, 2.75) is 10.8 Å². The molecule has 0 amide bonds. The minimum Gasteiger partial charge on any atom is -0.495 e. The predicted octanol–water partition coefficient (Wildman–Crippen LogP) is 1.15. The van der Waals surface area contributed by atoms with E-state index in [-0.39, 0.29) is 16.2 Å². The molecule has 1 aromatic carbocycles. The second-order valence-corrected chi connectivity index (χ2v) is 5.53. The molecule has 7 heteroatoms. The summed E-state index contributed by atoms with van der Waals surface area (Å²) in [7, 11) is -2.30. The zero-order valence-corrected chi connectivity index (χ0v) is 10.2. The van der Waals surface area contributed by atoms with Crippen molar-refractivity contribution in [1.82, 2.24) is 0 Å². The molecule has 0 saturated heterocycles. The molecule has 96 valence electrons. The van der Waals surface area contributed by atoms with Gasteiger partial charge in [0.1, 0.15) is 10.6 Å². The van der Waals surface area contributed by atoms with Gasteiger partial charge in [-0.1, -0.05) is 6.07 Å². The molecule has 0 aromatic heterocycles. The maximum absolute atomic E-state index is 13.3. The summed E-state index contributed by atoms with van der Waals surface area (Å²) in [6, 6.07) is 3.11. The van der Waals surface area contributed by atoms with E-state index >= 15 is 0 Å². The van der Waals surface area contributed by atoms with Crippen LogP contribution in [0.2, 0.25) is 0 Å². The molecule has 0 atom stereocenters. The predicted molar refractivity (Wildman–Crippen MR) is 59.1 cm³/mol. The van der Waals surface area contributed by atoms with Crippen molar-refractivity contribution >= 4 is 9.84 Å². The van der Waals surface area contributed by atoms with Gasteiger partial charge in [0.15, 0.2) is 9.84 Å². The molecule has 0 aliphatic carbocycles. The highest BCUT2D eigenvalue weighted by Gasteiger charge is 2.31. The second kappa shape index (κ2) is 4.58. The van der Waals surface area contributed by atoms with E-state index in [4.69, 9.17) is 10.5 Å². The van der Waals surface area contributed by atoms with Gasteiger partial charge in [-0.15, -0.1) is 0 Å². The molecule has 1 rings (SSSR count). The average Bonchev–Trinajstić information content (AvgIpc) is 2.27. The molecular formula is C10H13F2NO3S. The van der Waals surface area contributed by atoms with E-state index in [9.17, 15) is 17.2 Å². The SMILES string of the molecule is COc1cc(C(F)(F)CN)ccc1S(C)(=O)=O. The molecule has 0 unspecified atom stereocenters. The highest BCUT2D eigenvalue weighted by molar-refractivity contribution is 7.90. The number of nitrogens with two attached hydrogens (primary N) is 1. The number of methoxy groups -OCH3 is 1. The Hall–Kier alpha value is -1.21.